The third-order valence-electron chi connectivity index (χ3n) is 6.45. The highest BCUT2D eigenvalue weighted by Gasteiger charge is 2.47. The van der Waals surface area contributed by atoms with Crippen LogP contribution in [0.3, 0.4) is 0 Å². The summed E-state index contributed by atoms with van der Waals surface area (Å²) in [7, 11) is 0. The Balaban J connectivity index is 1.33. The van der Waals surface area contributed by atoms with Crippen molar-refractivity contribution in [1.29, 1.82) is 0 Å². The second-order valence-corrected chi connectivity index (χ2v) is 8.19. The average Bonchev–Trinajstić information content (AvgIpc) is 3.29. The number of rotatable bonds is 7. The van der Waals surface area contributed by atoms with Gasteiger partial charge in [0.1, 0.15) is 6.10 Å². The number of carboxylic acids is 1. The molecule has 0 unspecified atom stereocenters. The van der Waals surface area contributed by atoms with Crippen LogP contribution in [0.5, 0.6) is 0 Å². The van der Waals surface area contributed by atoms with E-state index in [-0.39, 0.29) is 6.10 Å². The first-order chi connectivity index (χ1) is 13.2. The summed E-state index contributed by atoms with van der Waals surface area (Å²) in [4.78, 5) is 16.7. The lowest BCUT2D eigenvalue weighted by molar-refractivity contribution is 0.0323. The Morgan fingerprint density at radius 2 is 1.85 bits per heavy atom. The number of ether oxygens (including phenoxy) is 1. The number of fused-ring (bicyclic) bond motifs is 2. The zero-order chi connectivity index (χ0) is 18.6. The van der Waals surface area contributed by atoms with E-state index < -0.39 is 5.97 Å². The number of carboxylic acid groups (broad SMARTS) is 1. The van der Waals surface area contributed by atoms with E-state index >= 15 is 0 Å². The Morgan fingerprint density at radius 3 is 2.59 bits per heavy atom. The van der Waals surface area contributed by atoms with Crippen molar-refractivity contribution in [2.24, 2.45) is 17.0 Å². The monoisotopic (exact) mass is 371 g/mol. The maximum atomic E-state index is 11.0. The summed E-state index contributed by atoms with van der Waals surface area (Å²) in [5.41, 5.74) is 1.52. The second-order valence-electron chi connectivity index (χ2n) is 8.19. The molecule has 1 N–H and O–H groups in total. The Morgan fingerprint density at radius 1 is 1.11 bits per heavy atom. The van der Waals surface area contributed by atoms with E-state index in [4.69, 9.17) is 14.7 Å². The van der Waals surface area contributed by atoms with Crippen LogP contribution in [-0.2, 0) is 16.0 Å². The quantitative estimate of drug-likeness (QED) is 0.568. The summed E-state index contributed by atoms with van der Waals surface area (Å²) in [6.45, 7) is 0. The van der Waals surface area contributed by atoms with E-state index in [1.54, 1.807) is 12.1 Å². The lowest BCUT2D eigenvalue weighted by atomic mass is 9.77. The van der Waals surface area contributed by atoms with Crippen molar-refractivity contribution in [2.45, 2.75) is 76.1 Å². The molecule has 3 aliphatic rings. The first-order valence-electron chi connectivity index (χ1n) is 10.4. The number of oxime groups is 1. The van der Waals surface area contributed by atoms with E-state index in [2.05, 4.69) is 5.16 Å². The van der Waals surface area contributed by atoms with Gasteiger partial charge in [-0.15, -0.1) is 0 Å². The van der Waals surface area contributed by atoms with Gasteiger partial charge in [-0.1, -0.05) is 23.7 Å². The number of hydrogen-bond donors (Lipinski definition) is 1. The number of hydrogen-bond acceptors (Lipinski definition) is 4. The molecule has 1 aromatic rings. The molecule has 5 nitrogen and oxygen atoms in total. The largest absolute Gasteiger partial charge is 0.478 e. The van der Waals surface area contributed by atoms with E-state index in [0.29, 0.717) is 29.6 Å². The lowest BCUT2D eigenvalue weighted by Gasteiger charge is -2.25. The molecule has 4 rings (SSSR count). The van der Waals surface area contributed by atoms with Crippen molar-refractivity contribution in [3.05, 3.63) is 35.4 Å². The highest BCUT2D eigenvalue weighted by Crippen LogP contribution is 2.44. The van der Waals surface area contributed by atoms with Gasteiger partial charge in [0, 0.05) is 12.1 Å². The normalized spacial score (nSPS) is 30.8. The molecule has 27 heavy (non-hydrogen) atoms. The fraction of sp³-hybridized carbons (Fsp3) is 0.636. The SMILES string of the molecule is O=C(O)c1ccc(CC[C@H]2[C@H](C=NOC3CCCCC3)[C@H]3CC[C@@H]2O3)cc1. The van der Waals surface area contributed by atoms with Gasteiger partial charge >= 0.3 is 5.97 Å². The molecule has 1 aliphatic carbocycles. The molecule has 2 bridgehead atoms. The predicted molar refractivity (Wildman–Crippen MR) is 103 cm³/mol. The van der Waals surface area contributed by atoms with Crippen LogP contribution in [0.25, 0.3) is 0 Å². The Bertz CT molecular complexity index is 665. The fourth-order valence-electron chi connectivity index (χ4n) is 4.91. The van der Waals surface area contributed by atoms with Crippen molar-refractivity contribution in [2.75, 3.05) is 0 Å². The number of benzene rings is 1. The summed E-state index contributed by atoms with van der Waals surface area (Å²) in [5.74, 6) is -0.0652. The van der Waals surface area contributed by atoms with Crippen molar-refractivity contribution in [1.82, 2.24) is 0 Å². The minimum Gasteiger partial charge on any atom is -0.478 e. The van der Waals surface area contributed by atoms with Gasteiger partial charge in [-0.2, -0.15) is 0 Å². The van der Waals surface area contributed by atoms with Gasteiger partial charge in [0.2, 0.25) is 0 Å². The fourth-order valence-corrected chi connectivity index (χ4v) is 4.91. The lowest BCUT2D eigenvalue weighted by Crippen LogP contribution is -2.29. The Kier molecular flexibility index (Phi) is 5.77. The number of carbonyl (C=O) groups is 1. The van der Waals surface area contributed by atoms with Crippen molar-refractivity contribution in [3.8, 4) is 0 Å². The zero-order valence-electron chi connectivity index (χ0n) is 15.8. The molecule has 5 heteroatoms. The van der Waals surface area contributed by atoms with Crippen LogP contribution in [0.15, 0.2) is 29.4 Å². The molecule has 0 radical (unpaired) electrons. The molecule has 2 aliphatic heterocycles. The van der Waals surface area contributed by atoms with Crippen molar-refractivity contribution < 1.29 is 19.5 Å². The molecule has 2 saturated heterocycles. The smallest absolute Gasteiger partial charge is 0.335 e. The second kappa shape index (κ2) is 8.42. The molecule has 4 atom stereocenters. The molecule has 1 aromatic carbocycles. The minimum absolute atomic E-state index is 0.285. The first kappa shape index (κ1) is 18.5. The van der Waals surface area contributed by atoms with Crippen molar-refractivity contribution >= 4 is 12.2 Å². The van der Waals surface area contributed by atoms with Gasteiger partial charge in [0.05, 0.1) is 17.8 Å². The topological polar surface area (TPSA) is 68.1 Å². The van der Waals surface area contributed by atoms with Crippen LogP contribution >= 0.6 is 0 Å². The van der Waals surface area contributed by atoms with Gasteiger partial charge in [0.15, 0.2) is 0 Å². The number of aromatic carboxylic acids is 1. The third kappa shape index (κ3) is 4.34. The first-order valence-corrected chi connectivity index (χ1v) is 10.4. The minimum atomic E-state index is -0.878. The van der Waals surface area contributed by atoms with E-state index in [1.807, 2.05) is 18.3 Å². The van der Waals surface area contributed by atoms with E-state index in [0.717, 1.165) is 38.5 Å². The maximum Gasteiger partial charge on any atom is 0.335 e. The van der Waals surface area contributed by atoms with Crippen LogP contribution in [0.4, 0.5) is 0 Å². The summed E-state index contributed by atoms with van der Waals surface area (Å²) in [6, 6.07) is 7.22. The van der Waals surface area contributed by atoms with Crippen LogP contribution in [0.1, 0.15) is 67.3 Å². The molecule has 3 fully saturated rings. The molecule has 0 amide bonds. The van der Waals surface area contributed by atoms with Crippen LogP contribution in [0, 0.1) is 11.8 Å². The third-order valence-corrected chi connectivity index (χ3v) is 6.45. The molecular weight excluding hydrogens is 342 g/mol. The highest BCUT2D eigenvalue weighted by atomic mass is 16.6. The van der Waals surface area contributed by atoms with E-state index in [9.17, 15) is 4.79 Å². The highest BCUT2D eigenvalue weighted by molar-refractivity contribution is 5.87. The summed E-state index contributed by atoms with van der Waals surface area (Å²) in [6.07, 6.45) is 13.2. The van der Waals surface area contributed by atoms with Crippen LogP contribution in [-0.4, -0.2) is 35.6 Å². The molecule has 1 saturated carbocycles. The molecule has 2 heterocycles. The van der Waals surface area contributed by atoms with Gasteiger partial charge in [-0.3, -0.25) is 0 Å². The summed E-state index contributed by atoms with van der Waals surface area (Å²) < 4.78 is 6.15. The van der Waals surface area contributed by atoms with Gasteiger partial charge < -0.3 is 14.7 Å². The Hall–Kier alpha value is -1.88. The molecular formula is C22H29NO4. The van der Waals surface area contributed by atoms with Crippen molar-refractivity contribution in [3.63, 3.8) is 0 Å². The van der Waals surface area contributed by atoms with Crippen LogP contribution in [0.2, 0.25) is 0 Å². The average molecular weight is 371 g/mol. The van der Waals surface area contributed by atoms with Crippen LogP contribution < -0.4 is 0 Å². The molecule has 0 aromatic heterocycles. The summed E-state index contributed by atoms with van der Waals surface area (Å²) in [5, 5.41) is 13.4. The van der Waals surface area contributed by atoms with Gasteiger partial charge in [-0.05, 0) is 75.0 Å². The Labute approximate surface area is 160 Å². The predicted octanol–water partition coefficient (Wildman–Crippen LogP) is 4.45. The number of aryl methyl sites for hydroxylation is 1. The standard InChI is InChI=1S/C22H29NO4/c24-22(25)16-9-6-15(7-10-16)8-11-18-19(21-13-12-20(18)26-21)14-23-27-17-4-2-1-3-5-17/h6-7,9-10,14,17-21H,1-5,8,11-13H2,(H,24,25)/t18-,19-,20-,21+/m0/s1. The molecule has 0 spiro atoms. The molecule has 146 valence electrons. The van der Waals surface area contributed by atoms with Gasteiger partial charge in [0.25, 0.3) is 0 Å². The van der Waals surface area contributed by atoms with Gasteiger partial charge in [-0.25, -0.2) is 4.79 Å². The van der Waals surface area contributed by atoms with E-state index in [1.165, 1.54) is 24.8 Å². The summed E-state index contributed by atoms with van der Waals surface area (Å²) >= 11 is 0. The number of nitrogens with zero attached hydrogens (tertiary/aromatic N) is 1. The maximum absolute atomic E-state index is 11.0. The zero-order valence-corrected chi connectivity index (χ0v) is 15.8.